The smallest absolute Gasteiger partial charge is 0.327 e. The molecule has 1 heterocycles. The molecule has 35 heavy (non-hydrogen) atoms. The number of carbonyl (C=O) groups is 2. The number of amides is 2. The van der Waals surface area contributed by atoms with Crippen molar-refractivity contribution in [3.05, 3.63) is 95.7 Å². The van der Waals surface area contributed by atoms with Gasteiger partial charge in [-0.25, -0.2) is 4.79 Å². The fourth-order valence-electron chi connectivity index (χ4n) is 5.08. The van der Waals surface area contributed by atoms with Gasteiger partial charge in [-0.05, 0) is 41.7 Å². The molecule has 6 heteroatoms. The Balaban J connectivity index is 1.71. The number of nitrogens with one attached hydrogen (secondary N) is 2. The number of para-hydroxylation sites is 4. The molecule has 2 N–H and O–H groups in total. The number of ketones is 1. The summed E-state index contributed by atoms with van der Waals surface area (Å²) >= 11 is 0. The Labute approximate surface area is 205 Å². The molecule has 0 fully saturated rings. The van der Waals surface area contributed by atoms with E-state index >= 15 is 0 Å². The summed E-state index contributed by atoms with van der Waals surface area (Å²) in [5.41, 5.74) is 4.27. The topological polar surface area (TPSA) is 70.7 Å². The standard InChI is InChI=1S/C29H29N3O3/c1-29(2)17-22-26(24(33)18-29)27(19-11-5-4-6-12-19)32(23-15-9-7-13-20(23)30-22)28(34)31-21-14-8-10-16-25(21)35-3/h4-16,27,30H,17-18H2,1-3H3,(H,31,34). The van der Waals surface area contributed by atoms with Crippen LogP contribution in [-0.4, -0.2) is 18.9 Å². The van der Waals surface area contributed by atoms with E-state index in [2.05, 4.69) is 24.5 Å². The van der Waals surface area contributed by atoms with Gasteiger partial charge in [0.05, 0.1) is 30.2 Å². The van der Waals surface area contributed by atoms with Gasteiger partial charge in [-0.15, -0.1) is 0 Å². The van der Waals surface area contributed by atoms with Crippen molar-refractivity contribution < 1.29 is 14.3 Å². The minimum atomic E-state index is -0.583. The maximum Gasteiger partial charge on any atom is 0.327 e. The van der Waals surface area contributed by atoms with E-state index in [4.69, 9.17) is 4.74 Å². The molecule has 1 atom stereocenters. The van der Waals surface area contributed by atoms with Gasteiger partial charge in [0, 0.05) is 17.7 Å². The molecule has 1 aliphatic carbocycles. The van der Waals surface area contributed by atoms with Gasteiger partial charge in [0.2, 0.25) is 0 Å². The first kappa shape index (κ1) is 22.7. The summed E-state index contributed by atoms with van der Waals surface area (Å²) in [5.74, 6) is 0.620. The summed E-state index contributed by atoms with van der Waals surface area (Å²) in [4.78, 5) is 29.4. The highest BCUT2D eigenvalue weighted by Gasteiger charge is 2.43. The zero-order valence-electron chi connectivity index (χ0n) is 20.2. The molecular weight excluding hydrogens is 438 g/mol. The predicted molar refractivity (Wildman–Crippen MR) is 139 cm³/mol. The molecule has 1 unspecified atom stereocenters. The highest BCUT2D eigenvalue weighted by Crippen LogP contribution is 2.48. The number of methoxy groups -OCH3 is 1. The van der Waals surface area contributed by atoms with Crippen molar-refractivity contribution in [1.29, 1.82) is 0 Å². The third kappa shape index (κ3) is 4.28. The van der Waals surface area contributed by atoms with Gasteiger partial charge in [0.25, 0.3) is 0 Å². The van der Waals surface area contributed by atoms with Gasteiger partial charge in [-0.3, -0.25) is 9.69 Å². The third-order valence-electron chi connectivity index (χ3n) is 6.58. The Bertz CT molecular complexity index is 1310. The zero-order chi connectivity index (χ0) is 24.6. The molecule has 178 valence electrons. The first-order chi connectivity index (χ1) is 16.9. The molecule has 3 aromatic rings. The summed E-state index contributed by atoms with van der Waals surface area (Å²) in [6.07, 6.45) is 1.14. The highest BCUT2D eigenvalue weighted by molar-refractivity contribution is 6.09. The summed E-state index contributed by atoms with van der Waals surface area (Å²) in [6.45, 7) is 4.22. The van der Waals surface area contributed by atoms with Gasteiger partial charge in [-0.2, -0.15) is 0 Å². The third-order valence-corrected chi connectivity index (χ3v) is 6.58. The zero-order valence-corrected chi connectivity index (χ0v) is 20.2. The van der Waals surface area contributed by atoms with Crippen LogP contribution in [0.1, 0.15) is 38.3 Å². The van der Waals surface area contributed by atoms with Crippen LogP contribution in [0.2, 0.25) is 0 Å². The molecule has 0 bridgehead atoms. The summed E-state index contributed by atoms with van der Waals surface area (Å²) in [5, 5.41) is 6.56. The lowest BCUT2D eigenvalue weighted by atomic mass is 9.73. The van der Waals surface area contributed by atoms with Crippen molar-refractivity contribution in [2.24, 2.45) is 5.41 Å². The number of urea groups is 1. The number of carbonyl (C=O) groups excluding carboxylic acids is 2. The number of benzene rings is 3. The molecule has 0 radical (unpaired) electrons. The molecule has 2 aliphatic rings. The van der Waals surface area contributed by atoms with Crippen LogP contribution >= 0.6 is 0 Å². The van der Waals surface area contributed by atoms with Crippen LogP contribution in [0.5, 0.6) is 5.75 Å². The van der Waals surface area contributed by atoms with Crippen molar-refractivity contribution in [2.75, 3.05) is 22.6 Å². The number of hydrogen-bond acceptors (Lipinski definition) is 4. The maximum atomic E-state index is 14.0. The van der Waals surface area contributed by atoms with Crippen molar-refractivity contribution >= 4 is 28.9 Å². The number of hydrogen-bond donors (Lipinski definition) is 2. The lowest BCUT2D eigenvalue weighted by Crippen LogP contribution is -2.41. The van der Waals surface area contributed by atoms with E-state index in [0.717, 1.165) is 16.9 Å². The molecule has 2 amide bonds. The van der Waals surface area contributed by atoms with E-state index in [-0.39, 0.29) is 17.2 Å². The average Bonchev–Trinajstić information content (AvgIpc) is 2.98. The number of allylic oxidation sites excluding steroid dienone is 1. The fraction of sp³-hybridized carbons (Fsp3) is 0.241. The molecule has 3 aromatic carbocycles. The number of anilines is 3. The van der Waals surface area contributed by atoms with E-state index in [1.54, 1.807) is 24.1 Å². The van der Waals surface area contributed by atoms with Crippen molar-refractivity contribution in [1.82, 2.24) is 0 Å². The second kappa shape index (κ2) is 8.95. The second-order valence-electron chi connectivity index (χ2n) is 9.79. The van der Waals surface area contributed by atoms with Crippen LogP contribution in [-0.2, 0) is 4.79 Å². The van der Waals surface area contributed by atoms with Crippen LogP contribution in [0.25, 0.3) is 0 Å². The highest BCUT2D eigenvalue weighted by atomic mass is 16.5. The number of ether oxygens (including phenoxy) is 1. The lowest BCUT2D eigenvalue weighted by molar-refractivity contribution is -0.118. The minimum absolute atomic E-state index is 0.0560. The molecule has 6 nitrogen and oxygen atoms in total. The number of Topliss-reactive ketones (excluding diaryl/α,β-unsaturated/α-hetero) is 1. The molecule has 0 saturated heterocycles. The normalized spacial score (nSPS) is 18.7. The van der Waals surface area contributed by atoms with Gasteiger partial charge >= 0.3 is 6.03 Å². The number of nitrogens with zero attached hydrogens (tertiary/aromatic N) is 1. The summed E-state index contributed by atoms with van der Waals surface area (Å²) < 4.78 is 5.46. The molecular formula is C29H29N3O3. The SMILES string of the molecule is COc1ccccc1NC(=O)N1c2ccccc2NC2=C(C(=O)CC(C)(C)C2)C1c1ccccc1. The lowest BCUT2D eigenvalue weighted by Gasteiger charge is -2.37. The van der Waals surface area contributed by atoms with E-state index in [1.165, 1.54) is 0 Å². The van der Waals surface area contributed by atoms with Gasteiger partial charge in [0.15, 0.2) is 5.78 Å². The Morgan fingerprint density at radius 3 is 2.43 bits per heavy atom. The second-order valence-corrected chi connectivity index (χ2v) is 9.79. The summed E-state index contributed by atoms with van der Waals surface area (Å²) in [6, 6.07) is 23.8. The Morgan fingerprint density at radius 1 is 0.971 bits per heavy atom. The average molecular weight is 468 g/mol. The van der Waals surface area contributed by atoms with Crippen LogP contribution in [0.3, 0.4) is 0 Å². The predicted octanol–water partition coefficient (Wildman–Crippen LogP) is 6.54. The van der Waals surface area contributed by atoms with Crippen LogP contribution < -0.4 is 20.3 Å². The van der Waals surface area contributed by atoms with Gasteiger partial charge in [-0.1, -0.05) is 68.4 Å². The summed E-state index contributed by atoms with van der Waals surface area (Å²) in [7, 11) is 1.57. The molecule has 0 saturated carbocycles. The van der Waals surface area contributed by atoms with Crippen LogP contribution in [0.15, 0.2) is 90.1 Å². The Morgan fingerprint density at radius 2 is 1.66 bits per heavy atom. The van der Waals surface area contributed by atoms with Crippen LogP contribution in [0, 0.1) is 5.41 Å². The van der Waals surface area contributed by atoms with E-state index < -0.39 is 6.04 Å². The molecule has 0 aromatic heterocycles. The van der Waals surface area contributed by atoms with Gasteiger partial charge in [0.1, 0.15) is 5.75 Å². The van der Waals surface area contributed by atoms with Gasteiger partial charge < -0.3 is 15.4 Å². The Hall–Kier alpha value is -4.06. The van der Waals surface area contributed by atoms with Crippen molar-refractivity contribution in [2.45, 2.75) is 32.7 Å². The maximum absolute atomic E-state index is 14.0. The first-order valence-electron chi connectivity index (χ1n) is 11.8. The van der Waals surface area contributed by atoms with Crippen molar-refractivity contribution in [3.63, 3.8) is 0 Å². The molecule has 0 spiro atoms. The number of rotatable bonds is 3. The van der Waals surface area contributed by atoms with E-state index in [9.17, 15) is 9.59 Å². The van der Waals surface area contributed by atoms with Crippen molar-refractivity contribution in [3.8, 4) is 5.75 Å². The Kier molecular flexibility index (Phi) is 5.81. The van der Waals surface area contributed by atoms with Crippen LogP contribution in [0.4, 0.5) is 21.9 Å². The van der Waals surface area contributed by atoms with E-state index in [0.29, 0.717) is 35.5 Å². The minimum Gasteiger partial charge on any atom is -0.495 e. The molecule has 5 rings (SSSR count). The first-order valence-corrected chi connectivity index (χ1v) is 11.8. The quantitative estimate of drug-likeness (QED) is 0.459. The monoisotopic (exact) mass is 467 g/mol. The largest absolute Gasteiger partial charge is 0.495 e. The fourth-order valence-corrected chi connectivity index (χ4v) is 5.08. The van der Waals surface area contributed by atoms with E-state index in [1.807, 2.05) is 66.7 Å². The number of fused-ring (bicyclic) bond motifs is 1. The molecule has 1 aliphatic heterocycles.